The van der Waals surface area contributed by atoms with E-state index in [1.54, 1.807) is 17.9 Å². The fourth-order valence-corrected chi connectivity index (χ4v) is 3.12. The monoisotopic (exact) mass is 286 g/mol. The van der Waals surface area contributed by atoms with E-state index in [0.717, 1.165) is 6.26 Å². The number of furan rings is 1. The third-order valence-electron chi connectivity index (χ3n) is 3.25. The van der Waals surface area contributed by atoms with Gasteiger partial charge < -0.3 is 9.32 Å². The average molecular weight is 286 g/mol. The third kappa shape index (κ3) is 3.57. The molecule has 1 aliphatic rings. The molecule has 0 bridgehead atoms. The lowest BCUT2D eigenvalue weighted by Gasteiger charge is -2.31. The quantitative estimate of drug-likeness (QED) is 0.889. The van der Waals surface area contributed by atoms with E-state index < -0.39 is 10.0 Å². The van der Waals surface area contributed by atoms with Crippen molar-refractivity contribution in [2.24, 2.45) is 0 Å². The summed E-state index contributed by atoms with van der Waals surface area (Å²) >= 11 is 0. The molecule has 2 rings (SSSR count). The number of likely N-dealkylation sites (tertiary alicyclic amines) is 1. The fourth-order valence-electron chi connectivity index (χ4n) is 2.28. The first-order chi connectivity index (χ1) is 8.87. The molecular weight excluding hydrogens is 268 g/mol. The van der Waals surface area contributed by atoms with Crippen LogP contribution in [0.25, 0.3) is 0 Å². The molecular formula is C12H18N2O4S. The summed E-state index contributed by atoms with van der Waals surface area (Å²) in [4.78, 5) is 13.9. The zero-order chi connectivity index (χ0) is 14.0. The van der Waals surface area contributed by atoms with Gasteiger partial charge in [-0.3, -0.25) is 4.79 Å². The first-order valence-electron chi connectivity index (χ1n) is 6.17. The van der Waals surface area contributed by atoms with E-state index in [-0.39, 0.29) is 11.9 Å². The SMILES string of the molecule is Cc1occc1C(=O)N1CCC(NS(C)(=O)=O)CC1. The van der Waals surface area contributed by atoms with Gasteiger partial charge in [-0.25, -0.2) is 13.1 Å². The second kappa shape index (κ2) is 5.34. The lowest BCUT2D eigenvalue weighted by Crippen LogP contribution is -2.46. The Balaban J connectivity index is 1.94. The minimum Gasteiger partial charge on any atom is -0.469 e. The van der Waals surface area contributed by atoms with Gasteiger partial charge in [-0.05, 0) is 25.8 Å². The molecule has 1 N–H and O–H groups in total. The Bertz CT molecular complexity index is 556. The fraction of sp³-hybridized carbons (Fsp3) is 0.583. The molecule has 0 unspecified atom stereocenters. The smallest absolute Gasteiger partial charge is 0.257 e. The van der Waals surface area contributed by atoms with Crippen molar-refractivity contribution in [1.82, 2.24) is 9.62 Å². The summed E-state index contributed by atoms with van der Waals surface area (Å²) in [5.41, 5.74) is 0.578. The van der Waals surface area contributed by atoms with Gasteiger partial charge in [0.2, 0.25) is 10.0 Å². The maximum Gasteiger partial charge on any atom is 0.257 e. The van der Waals surface area contributed by atoms with Crippen molar-refractivity contribution in [2.45, 2.75) is 25.8 Å². The molecule has 106 valence electrons. The van der Waals surface area contributed by atoms with E-state index in [1.807, 2.05) is 0 Å². The molecule has 0 atom stereocenters. The standard InChI is InChI=1S/C12H18N2O4S/c1-9-11(5-8-18-9)12(15)14-6-3-10(4-7-14)13-19(2,16)17/h5,8,10,13H,3-4,6-7H2,1-2H3. The second-order valence-corrected chi connectivity index (χ2v) is 6.63. The van der Waals surface area contributed by atoms with Crippen molar-refractivity contribution in [3.05, 3.63) is 23.7 Å². The number of amides is 1. The highest BCUT2D eigenvalue weighted by Crippen LogP contribution is 2.17. The molecule has 0 aromatic carbocycles. The number of carbonyl (C=O) groups is 1. The van der Waals surface area contributed by atoms with Crippen LogP contribution >= 0.6 is 0 Å². The highest BCUT2D eigenvalue weighted by atomic mass is 32.2. The molecule has 7 heteroatoms. The van der Waals surface area contributed by atoms with Crippen molar-refractivity contribution in [3.8, 4) is 0 Å². The second-order valence-electron chi connectivity index (χ2n) is 4.85. The van der Waals surface area contributed by atoms with Gasteiger partial charge in [-0.1, -0.05) is 0 Å². The van der Waals surface area contributed by atoms with Gasteiger partial charge in [0, 0.05) is 19.1 Å². The molecule has 1 saturated heterocycles. The number of nitrogens with zero attached hydrogens (tertiary/aromatic N) is 1. The zero-order valence-electron chi connectivity index (χ0n) is 11.0. The average Bonchev–Trinajstić information content (AvgIpc) is 2.73. The Morgan fingerprint density at radius 2 is 2.05 bits per heavy atom. The highest BCUT2D eigenvalue weighted by Gasteiger charge is 2.26. The van der Waals surface area contributed by atoms with Crippen LogP contribution in [-0.4, -0.2) is 44.6 Å². The lowest BCUT2D eigenvalue weighted by molar-refractivity contribution is 0.0709. The van der Waals surface area contributed by atoms with Gasteiger partial charge in [0.15, 0.2) is 0 Å². The summed E-state index contributed by atoms with van der Waals surface area (Å²) in [6.45, 7) is 2.86. The van der Waals surface area contributed by atoms with Crippen LogP contribution in [0.4, 0.5) is 0 Å². The third-order valence-corrected chi connectivity index (χ3v) is 4.01. The van der Waals surface area contributed by atoms with Crippen LogP contribution in [0.15, 0.2) is 16.7 Å². The minimum absolute atomic E-state index is 0.0518. The molecule has 0 aliphatic carbocycles. The normalized spacial score (nSPS) is 17.7. The Kier molecular flexibility index (Phi) is 3.96. The summed E-state index contributed by atoms with van der Waals surface area (Å²) in [6, 6.07) is 1.59. The molecule has 1 fully saturated rings. The van der Waals surface area contributed by atoms with Crippen LogP contribution in [0.2, 0.25) is 0 Å². The molecule has 1 aromatic rings. The van der Waals surface area contributed by atoms with E-state index in [1.165, 1.54) is 6.26 Å². The van der Waals surface area contributed by atoms with Crippen LogP contribution in [0, 0.1) is 6.92 Å². The zero-order valence-corrected chi connectivity index (χ0v) is 11.9. The summed E-state index contributed by atoms with van der Waals surface area (Å²) in [5.74, 6) is 0.561. The van der Waals surface area contributed by atoms with E-state index in [9.17, 15) is 13.2 Å². The Labute approximate surface area is 112 Å². The van der Waals surface area contributed by atoms with Crippen LogP contribution in [0.5, 0.6) is 0 Å². The molecule has 1 aliphatic heterocycles. The van der Waals surface area contributed by atoms with E-state index >= 15 is 0 Å². The predicted molar refractivity (Wildman–Crippen MR) is 70.4 cm³/mol. The van der Waals surface area contributed by atoms with Crippen molar-refractivity contribution in [1.29, 1.82) is 0 Å². The number of nitrogens with one attached hydrogen (secondary N) is 1. The summed E-state index contributed by atoms with van der Waals surface area (Å²) in [7, 11) is -3.18. The molecule has 6 nitrogen and oxygen atoms in total. The number of sulfonamides is 1. The maximum atomic E-state index is 12.2. The summed E-state index contributed by atoms with van der Waals surface area (Å²) < 4.78 is 30.0. The summed E-state index contributed by atoms with van der Waals surface area (Å²) in [5, 5.41) is 0. The molecule has 0 spiro atoms. The van der Waals surface area contributed by atoms with Crippen LogP contribution in [-0.2, 0) is 10.0 Å². The number of piperidine rings is 1. The summed E-state index contributed by atoms with van der Waals surface area (Å²) in [6.07, 6.45) is 3.92. The highest BCUT2D eigenvalue weighted by molar-refractivity contribution is 7.88. The van der Waals surface area contributed by atoms with Gasteiger partial charge in [-0.2, -0.15) is 0 Å². The minimum atomic E-state index is -3.18. The first-order valence-corrected chi connectivity index (χ1v) is 8.06. The molecule has 0 saturated carbocycles. The van der Waals surface area contributed by atoms with Crippen LogP contribution < -0.4 is 4.72 Å². The van der Waals surface area contributed by atoms with Gasteiger partial charge >= 0.3 is 0 Å². The maximum absolute atomic E-state index is 12.2. The number of carbonyl (C=O) groups excluding carboxylic acids is 1. The number of hydrogen-bond acceptors (Lipinski definition) is 4. The van der Waals surface area contributed by atoms with E-state index in [2.05, 4.69) is 4.72 Å². The van der Waals surface area contributed by atoms with E-state index in [0.29, 0.717) is 37.3 Å². The van der Waals surface area contributed by atoms with Gasteiger partial charge in [-0.15, -0.1) is 0 Å². The Hall–Kier alpha value is -1.34. The molecule has 19 heavy (non-hydrogen) atoms. The number of rotatable bonds is 3. The topological polar surface area (TPSA) is 79.6 Å². The largest absolute Gasteiger partial charge is 0.469 e. The van der Waals surface area contributed by atoms with Crippen molar-refractivity contribution in [2.75, 3.05) is 19.3 Å². The van der Waals surface area contributed by atoms with Gasteiger partial charge in [0.25, 0.3) is 5.91 Å². The van der Waals surface area contributed by atoms with Crippen molar-refractivity contribution >= 4 is 15.9 Å². The Morgan fingerprint density at radius 1 is 1.42 bits per heavy atom. The molecule has 2 heterocycles. The van der Waals surface area contributed by atoms with Crippen molar-refractivity contribution < 1.29 is 17.6 Å². The molecule has 0 radical (unpaired) electrons. The Morgan fingerprint density at radius 3 is 2.53 bits per heavy atom. The van der Waals surface area contributed by atoms with Gasteiger partial charge in [0.05, 0.1) is 18.1 Å². The molecule has 1 aromatic heterocycles. The van der Waals surface area contributed by atoms with Crippen LogP contribution in [0.3, 0.4) is 0 Å². The number of aryl methyl sites for hydroxylation is 1. The predicted octanol–water partition coefficient (Wildman–Crippen LogP) is 0.742. The molecule has 1 amide bonds. The lowest BCUT2D eigenvalue weighted by atomic mass is 10.1. The van der Waals surface area contributed by atoms with E-state index in [4.69, 9.17) is 4.42 Å². The number of hydrogen-bond donors (Lipinski definition) is 1. The van der Waals surface area contributed by atoms with Gasteiger partial charge in [0.1, 0.15) is 5.76 Å². The van der Waals surface area contributed by atoms with Crippen LogP contribution in [0.1, 0.15) is 29.0 Å². The first kappa shape index (κ1) is 14.1. The van der Waals surface area contributed by atoms with Crippen molar-refractivity contribution in [3.63, 3.8) is 0 Å².